The number of aromatic nitrogens is 2. The van der Waals surface area contributed by atoms with Gasteiger partial charge in [0.25, 0.3) is 0 Å². The molecule has 1 atom stereocenters. The van der Waals surface area contributed by atoms with Gasteiger partial charge in [-0.25, -0.2) is 9.97 Å². The lowest BCUT2D eigenvalue weighted by molar-refractivity contribution is 0.482. The quantitative estimate of drug-likeness (QED) is 0.685. The topological polar surface area (TPSA) is 29.0 Å². The molecule has 4 heteroatoms. The number of nitrogens with zero attached hydrogens (tertiary/aromatic N) is 3. The lowest BCUT2D eigenvalue weighted by atomic mass is 10.0. The lowest BCUT2D eigenvalue weighted by Gasteiger charge is -2.34. The Morgan fingerprint density at radius 2 is 2.00 bits per heavy atom. The Labute approximate surface area is 134 Å². The zero-order chi connectivity index (χ0) is 14.9. The average Bonchev–Trinajstić information content (AvgIpc) is 3.00. The van der Waals surface area contributed by atoms with Crippen LogP contribution in [-0.2, 0) is 0 Å². The summed E-state index contributed by atoms with van der Waals surface area (Å²) in [6, 6.07) is 11.1. The fourth-order valence-electron chi connectivity index (χ4n) is 3.32. The third kappa shape index (κ3) is 2.28. The molecule has 1 aromatic carbocycles. The van der Waals surface area contributed by atoms with E-state index in [0.29, 0.717) is 6.04 Å². The van der Waals surface area contributed by atoms with Gasteiger partial charge in [0.15, 0.2) is 0 Å². The minimum Gasteiger partial charge on any atom is -0.353 e. The number of piperidine rings is 1. The second-order valence-corrected chi connectivity index (χ2v) is 6.79. The second-order valence-electron chi connectivity index (χ2n) is 5.93. The van der Waals surface area contributed by atoms with Crippen LogP contribution in [0.5, 0.6) is 0 Å². The summed E-state index contributed by atoms with van der Waals surface area (Å²) in [7, 11) is 0. The highest BCUT2D eigenvalue weighted by molar-refractivity contribution is 7.17. The van der Waals surface area contributed by atoms with E-state index < -0.39 is 0 Å². The van der Waals surface area contributed by atoms with Gasteiger partial charge in [0, 0.05) is 23.5 Å². The zero-order valence-corrected chi connectivity index (χ0v) is 13.5. The molecular formula is C18H19N3S. The second kappa shape index (κ2) is 5.69. The smallest absolute Gasteiger partial charge is 0.141 e. The van der Waals surface area contributed by atoms with Crippen LogP contribution in [-0.4, -0.2) is 22.6 Å². The SMILES string of the molecule is CC1CCCCN1c1ncnc2scc(-c3ccccc3)c12. The predicted octanol–water partition coefficient (Wildman–Crippen LogP) is 4.74. The van der Waals surface area contributed by atoms with E-state index in [2.05, 4.69) is 57.5 Å². The van der Waals surface area contributed by atoms with Gasteiger partial charge >= 0.3 is 0 Å². The van der Waals surface area contributed by atoms with E-state index in [1.807, 2.05) is 0 Å². The number of anilines is 1. The molecule has 3 nitrogen and oxygen atoms in total. The van der Waals surface area contributed by atoms with Gasteiger partial charge in [-0.15, -0.1) is 11.3 Å². The normalized spacial score (nSPS) is 18.8. The van der Waals surface area contributed by atoms with Gasteiger partial charge in [0.2, 0.25) is 0 Å². The van der Waals surface area contributed by atoms with E-state index >= 15 is 0 Å². The molecule has 0 aliphatic carbocycles. The van der Waals surface area contributed by atoms with Gasteiger partial charge in [-0.05, 0) is 31.7 Å². The summed E-state index contributed by atoms with van der Waals surface area (Å²) >= 11 is 1.71. The summed E-state index contributed by atoms with van der Waals surface area (Å²) in [5.74, 6) is 1.11. The highest BCUT2D eigenvalue weighted by Gasteiger charge is 2.23. The van der Waals surface area contributed by atoms with Crippen molar-refractivity contribution in [3.05, 3.63) is 42.0 Å². The Morgan fingerprint density at radius 3 is 2.82 bits per heavy atom. The van der Waals surface area contributed by atoms with Crippen LogP contribution in [0.3, 0.4) is 0 Å². The first-order valence-electron chi connectivity index (χ1n) is 7.89. The number of hydrogen-bond acceptors (Lipinski definition) is 4. The first-order valence-corrected chi connectivity index (χ1v) is 8.77. The molecule has 0 saturated carbocycles. The van der Waals surface area contributed by atoms with Crippen molar-refractivity contribution < 1.29 is 0 Å². The molecule has 0 amide bonds. The minimum absolute atomic E-state index is 0.551. The molecule has 22 heavy (non-hydrogen) atoms. The van der Waals surface area contributed by atoms with E-state index in [-0.39, 0.29) is 0 Å². The predicted molar refractivity (Wildman–Crippen MR) is 93.5 cm³/mol. The van der Waals surface area contributed by atoms with E-state index in [1.54, 1.807) is 17.7 Å². The molecule has 4 rings (SSSR count). The number of hydrogen-bond donors (Lipinski definition) is 0. The Morgan fingerprint density at radius 1 is 1.14 bits per heavy atom. The molecule has 1 unspecified atom stereocenters. The van der Waals surface area contributed by atoms with E-state index in [1.165, 1.54) is 35.8 Å². The molecule has 1 aliphatic heterocycles. The minimum atomic E-state index is 0.551. The largest absolute Gasteiger partial charge is 0.353 e. The Hall–Kier alpha value is -1.94. The van der Waals surface area contributed by atoms with Crippen LogP contribution in [0.4, 0.5) is 5.82 Å². The van der Waals surface area contributed by atoms with Crippen molar-refractivity contribution in [2.24, 2.45) is 0 Å². The molecule has 0 radical (unpaired) electrons. The lowest BCUT2D eigenvalue weighted by Crippen LogP contribution is -2.38. The van der Waals surface area contributed by atoms with Crippen LogP contribution < -0.4 is 4.90 Å². The van der Waals surface area contributed by atoms with Crippen LogP contribution in [0.2, 0.25) is 0 Å². The number of fused-ring (bicyclic) bond motifs is 1. The number of thiophene rings is 1. The van der Waals surface area contributed by atoms with Crippen molar-refractivity contribution in [1.29, 1.82) is 0 Å². The third-order valence-corrected chi connectivity index (χ3v) is 5.40. The van der Waals surface area contributed by atoms with Crippen LogP contribution in [0.25, 0.3) is 21.3 Å². The maximum atomic E-state index is 4.66. The van der Waals surface area contributed by atoms with Gasteiger partial charge < -0.3 is 4.90 Å². The summed E-state index contributed by atoms with van der Waals surface area (Å²) in [4.78, 5) is 12.7. The Balaban J connectivity index is 1.90. The van der Waals surface area contributed by atoms with Crippen molar-refractivity contribution in [2.45, 2.75) is 32.2 Å². The zero-order valence-electron chi connectivity index (χ0n) is 12.7. The summed E-state index contributed by atoms with van der Waals surface area (Å²) in [5.41, 5.74) is 2.50. The van der Waals surface area contributed by atoms with Gasteiger partial charge in [-0.2, -0.15) is 0 Å². The maximum absolute atomic E-state index is 4.66. The van der Waals surface area contributed by atoms with Crippen LogP contribution in [0.15, 0.2) is 42.0 Å². The molecule has 1 fully saturated rings. The average molecular weight is 309 g/mol. The van der Waals surface area contributed by atoms with Crippen LogP contribution in [0.1, 0.15) is 26.2 Å². The molecule has 2 aromatic heterocycles. The Kier molecular flexibility index (Phi) is 3.54. The molecule has 0 N–H and O–H groups in total. The fraction of sp³-hybridized carbons (Fsp3) is 0.333. The van der Waals surface area contributed by atoms with Gasteiger partial charge in [-0.1, -0.05) is 30.3 Å². The molecule has 0 bridgehead atoms. The number of benzene rings is 1. The van der Waals surface area contributed by atoms with E-state index in [9.17, 15) is 0 Å². The monoisotopic (exact) mass is 309 g/mol. The van der Waals surface area contributed by atoms with Crippen molar-refractivity contribution in [2.75, 3.05) is 11.4 Å². The third-order valence-electron chi connectivity index (χ3n) is 4.51. The van der Waals surface area contributed by atoms with E-state index in [0.717, 1.165) is 17.2 Å². The van der Waals surface area contributed by atoms with Crippen LogP contribution >= 0.6 is 11.3 Å². The highest BCUT2D eigenvalue weighted by atomic mass is 32.1. The van der Waals surface area contributed by atoms with Crippen molar-refractivity contribution >= 4 is 27.4 Å². The standard InChI is InChI=1S/C18H19N3S/c1-13-7-5-6-10-21(13)17-16-15(14-8-3-2-4-9-14)11-22-18(16)20-12-19-17/h2-4,8-9,11-13H,5-7,10H2,1H3. The molecule has 3 aromatic rings. The molecule has 1 aliphatic rings. The van der Waals surface area contributed by atoms with E-state index in [4.69, 9.17) is 0 Å². The van der Waals surface area contributed by atoms with Crippen molar-refractivity contribution in [1.82, 2.24) is 9.97 Å². The van der Waals surface area contributed by atoms with Gasteiger partial charge in [0.05, 0.1) is 5.39 Å². The fourth-order valence-corrected chi connectivity index (χ4v) is 4.23. The summed E-state index contributed by atoms with van der Waals surface area (Å²) < 4.78 is 0. The highest BCUT2D eigenvalue weighted by Crippen LogP contribution is 2.39. The first-order chi connectivity index (χ1) is 10.8. The van der Waals surface area contributed by atoms with Gasteiger partial charge in [-0.3, -0.25) is 0 Å². The summed E-state index contributed by atoms with van der Waals surface area (Å²) in [5, 5.41) is 3.43. The summed E-state index contributed by atoms with van der Waals surface area (Å²) in [6.45, 7) is 3.40. The molecular weight excluding hydrogens is 290 g/mol. The molecule has 0 spiro atoms. The maximum Gasteiger partial charge on any atom is 0.141 e. The molecule has 1 saturated heterocycles. The van der Waals surface area contributed by atoms with Crippen molar-refractivity contribution in [3.8, 4) is 11.1 Å². The Bertz CT molecular complexity index is 781. The van der Waals surface area contributed by atoms with Crippen molar-refractivity contribution in [3.63, 3.8) is 0 Å². The molecule has 112 valence electrons. The summed E-state index contributed by atoms with van der Waals surface area (Å²) in [6.07, 6.45) is 5.53. The van der Waals surface area contributed by atoms with Gasteiger partial charge in [0.1, 0.15) is 17.0 Å². The molecule has 3 heterocycles. The number of rotatable bonds is 2. The van der Waals surface area contributed by atoms with Crippen LogP contribution in [0, 0.1) is 0 Å². The first kappa shape index (κ1) is 13.7.